The van der Waals surface area contributed by atoms with Crippen molar-refractivity contribution in [2.45, 2.75) is 0 Å². The van der Waals surface area contributed by atoms with Crippen LogP contribution in [0, 0.1) is 11.5 Å². The van der Waals surface area contributed by atoms with Crippen molar-refractivity contribution in [3.63, 3.8) is 0 Å². The van der Waals surface area contributed by atoms with E-state index >= 15 is 0 Å². The van der Waals surface area contributed by atoms with Crippen molar-refractivity contribution in [1.82, 2.24) is 0 Å². The average molecular weight is 310 g/mol. The molecule has 0 aliphatic carbocycles. The number of hydrogen-bond donors (Lipinski definition) is 0. The van der Waals surface area contributed by atoms with Crippen molar-refractivity contribution < 1.29 is 154 Å². The molecule has 0 aliphatic rings. The summed E-state index contributed by atoms with van der Waals surface area (Å²) in [6, 6.07) is 0. The van der Waals surface area contributed by atoms with Gasteiger partial charge >= 0.3 is 154 Å². The van der Waals surface area contributed by atoms with Gasteiger partial charge in [0.15, 0.2) is 7.85 Å². The van der Waals surface area contributed by atoms with Crippen LogP contribution < -0.4 is 154 Å². The van der Waals surface area contributed by atoms with Crippen LogP contribution >= 0.6 is 28.3 Å². The number of halogens is 1. The second-order valence-electron chi connectivity index (χ2n) is 0.341. The first-order chi connectivity index (χ1) is 2.41. The summed E-state index contributed by atoms with van der Waals surface area (Å²) in [4.78, 5) is 0. The minimum atomic E-state index is 0. The molecule has 8 heavy (non-hydrogen) atoms. The minimum Gasteiger partial charge on any atom is -0.379 e. The van der Waals surface area contributed by atoms with Gasteiger partial charge in [-0.2, -0.15) is 0 Å². The molecule has 0 spiro atoms. The van der Waals surface area contributed by atoms with E-state index in [2.05, 4.69) is 33.5 Å². The fourth-order valence-corrected chi connectivity index (χ4v) is 0.491. The van der Waals surface area contributed by atoms with Crippen molar-refractivity contribution in [3.8, 4) is 11.5 Å². The molecule has 0 unspecified atom stereocenters. The second kappa shape index (κ2) is 23.0. The van der Waals surface area contributed by atoms with E-state index in [1.54, 1.807) is 0 Å². The molecule has 0 aromatic carbocycles. The van der Waals surface area contributed by atoms with Gasteiger partial charge in [0.1, 0.15) is 0 Å². The van der Waals surface area contributed by atoms with Gasteiger partial charge in [-0.1, -0.05) is 0 Å². The maximum atomic E-state index is 4.77. The molecule has 0 aromatic rings. The summed E-state index contributed by atoms with van der Waals surface area (Å²) in [5.74, 6) is 2.25. The third-order valence-corrected chi connectivity index (χ3v) is 1.04. The zero-order valence-corrected chi connectivity index (χ0v) is 17.8. The van der Waals surface area contributed by atoms with Crippen LogP contribution in [-0.4, -0.2) is 7.85 Å². The number of hydrogen-bond acceptors (Lipinski definition) is 0. The normalized spacial score (nSPS) is 4.62. The first kappa shape index (κ1) is 23.5. The Balaban J connectivity index is -0.0000000267. The van der Waals surface area contributed by atoms with Crippen LogP contribution in [0.3, 0.4) is 0 Å². The van der Waals surface area contributed by atoms with Gasteiger partial charge in [-0.05, 0) is 0 Å². The molecule has 0 nitrogen and oxygen atoms in total. The van der Waals surface area contributed by atoms with E-state index in [9.17, 15) is 0 Å². The van der Waals surface area contributed by atoms with Crippen LogP contribution in [0.4, 0.5) is 0 Å². The summed E-state index contributed by atoms with van der Waals surface area (Å²) in [7, 11) is 4.77. The molecule has 0 aliphatic heterocycles. The van der Waals surface area contributed by atoms with Crippen molar-refractivity contribution in [1.29, 1.82) is 0 Å². The molecule has 0 rings (SSSR count). The smallest absolute Gasteiger partial charge is 0.379 e. The Hall–Kier alpha value is 5.69. The molecule has 0 aromatic heterocycles. The third-order valence-electron chi connectivity index (χ3n) is 0.107. The van der Waals surface area contributed by atoms with E-state index in [0.29, 0.717) is 0 Å². The molecule has 0 heterocycles. The molecule has 0 saturated carbocycles. The van der Waals surface area contributed by atoms with Gasteiger partial charge in [0.25, 0.3) is 0 Å². The van der Waals surface area contributed by atoms with Crippen LogP contribution in [0.25, 0.3) is 0 Å². The van der Waals surface area contributed by atoms with E-state index in [1.165, 1.54) is 0 Å². The summed E-state index contributed by atoms with van der Waals surface area (Å²) in [6.07, 6.45) is 1.01. The fraction of sp³-hybridized carbons (Fsp3) is 0. The predicted molar refractivity (Wildman–Crippen MR) is 34.5 cm³/mol. The van der Waals surface area contributed by atoms with Gasteiger partial charge in [0.2, 0.25) is 0 Å². The molecular weight excluding hydrogens is 310 g/mol. The fourth-order valence-electron chi connectivity index (χ4n) is 0.0244. The molecule has 0 saturated heterocycles. The summed E-state index contributed by atoms with van der Waals surface area (Å²) < 4.78 is 0. The molecule has 0 bridgehead atoms. The monoisotopic (exact) mass is 310 g/mol. The molecule has 0 N–H and O–H groups in total. The zero-order valence-electron chi connectivity index (χ0n) is 5.40. The molecule has 0 fully saturated rings. The Labute approximate surface area is 195 Å². The van der Waals surface area contributed by atoms with Gasteiger partial charge in [0.05, 0.1) is 0 Å². The predicted octanol–water partition coefficient (Wildman–Crippen LogP) is -7.62. The molecule has 2 radical (unpaired) electrons. The Morgan fingerprint density at radius 3 is 1.62 bits per heavy atom. The summed E-state index contributed by atoms with van der Waals surface area (Å²) in [6.45, 7) is 0. The summed E-state index contributed by atoms with van der Waals surface area (Å²) >= 11 is 2.11. The van der Waals surface area contributed by atoms with Crippen molar-refractivity contribution in [2.75, 3.05) is 0 Å². The molecule has 0 amide bonds. The molecule has 6 heteroatoms. The SMILES string of the molecule is [B]C#C[P-]I.[K+].[K+].[K+]. The van der Waals surface area contributed by atoms with Crippen LogP contribution in [0.2, 0.25) is 0 Å². The van der Waals surface area contributed by atoms with Crippen LogP contribution in [0.1, 0.15) is 0 Å². The summed E-state index contributed by atoms with van der Waals surface area (Å²) in [5, 5.41) is 0. The Kier molecular flexibility index (Phi) is 67.4. The number of rotatable bonds is 0. The van der Waals surface area contributed by atoms with E-state index in [4.69, 9.17) is 7.85 Å². The van der Waals surface area contributed by atoms with E-state index in [-0.39, 0.29) is 154 Å². The third kappa shape index (κ3) is 22.6. The quantitative estimate of drug-likeness (QED) is 0.181. The average Bonchev–Trinajstić information content (AvgIpc) is 1.41. The van der Waals surface area contributed by atoms with Gasteiger partial charge in [-0.15, -0.1) is 0 Å². The first-order valence-electron chi connectivity index (χ1n) is 0.931. The van der Waals surface area contributed by atoms with Crippen LogP contribution in [-0.2, 0) is 0 Å². The first-order valence-corrected chi connectivity index (χ1v) is 4.61. The van der Waals surface area contributed by atoms with E-state index in [0.717, 1.165) is 6.22 Å². The Morgan fingerprint density at radius 2 is 1.62 bits per heavy atom. The Bertz CT molecular complexity index is 69.4. The standard InChI is InChI=1S/C2BIP.3K/c3-1-2-5-4;;;/q-1;3*+1. The van der Waals surface area contributed by atoms with Crippen molar-refractivity contribution >= 4 is 36.1 Å². The van der Waals surface area contributed by atoms with Crippen molar-refractivity contribution in [2.24, 2.45) is 0 Å². The van der Waals surface area contributed by atoms with E-state index in [1.807, 2.05) is 0 Å². The van der Waals surface area contributed by atoms with Gasteiger partial charge in [0, 0.05) is 0 Å². The largest absolute Gasteiger partial charge is 1.00 e. The maximum absolute atomic E-state index is 4.77. The molecular formula is C2BIK3P+2. The van der Waals surface area contributed by atoms with Gasteiger partial charge < -0.3 is 28.3 Å². The van der Waals surface area contributed by atoms with Crippen LogP contribution in [0.5, 0.6) is 0 Å². The van der Waals surface area contributed by atoms with Gasteiger partial charge in [-0.25, -0.2) is 5.82 Å². The minimum absolute atomic E-state index is 0. The summed E-state index contributed by atoms with van der Waals surface area (Å²) in [5.41, 5.74) is 2.60. The topological polar surface area (TPSA) is 0 Å². The molecule has 24 valence electrons. The zero-order chi connectivity index (χ0) is 4.12. The van der Waals surface area contributed by atoms with Gasteiger partial charge in [-0.3, -0.25) is 5.66 Å². The Morgan fingerprint density at radius 1 is 1.25 bits per heavy atom. The molecule has 0 atom stereocenters. The van der Waals surface area contributed by atoms with Crippen molar-refractivity contribution in [3.05, 3.63) is 0 Å². The van der Waals surface area contributed by atoms with Crippen LogP contribution in [0.15, 0.2) is 0 Å². The second-order valence-corrected chi connectivity index (χ2v) is 2.18. The van der Waals surface area contributed by atoms with E-state index < -0.39 is 0 Å². The maximum Gasteiger partial charge on any atom is 1.00 e.